The smallest absolute Gasteiger partial charge is 0.0245 e. The van der Waals surface area contributed by atoms with Crippen molar-refractivity contribution in [2.75, 3.05) is 0 Å². The molecule has 139 valence electrons. The summed E-state index contributed by atoms with van der Waals surface area (Å²) in [5.74, 6) is 0. The summed E-state index contributed by atoms with van der Waals surface area (Å²) in [4.78, 5) is 4.81. The van der Waals surface area contributed by atoms with Gasteiger partial charge in [-0.1, -0.05) is 84.2 Å². The fourth-order valence-corrected chi connectivity index (χ4v) is 4.22. The van der Waals surface area contributed by atoms with Crippen LogP contribution in [0.25, 0.3) is 54.3 Å². The fraction of sp³-hybridized carbons (Fsp3) is 0. The third kappa shape index (κ3) is 2.84. The summed E-state index contributed by atoms with van der Waals surface area (Å²) in [6, 6.07) is 35.4. The number of pyridine rings is 1. The molecule has 1 heterocycles. The average Bonchev–Trinajstić information content (AvgIpc) is 2.78. The number of aromatic nitrogens is 1. The van der Waals surface area contributed by atoms with E-state index in [1.165, 1.54) is 43.1 Å². The van der Waals surface area contributed by atoms with E-state index in [2.05, 4.69) is 97.1 Å². The standard InChI is InChI=1S/C27H16N.Ir/c1-2-8-19-15-20(14-13-18(19)7-1)27-16-25-23-11-5-3-9-21(23)22-10-4-6-12-24(22)26(25)17-28-27;/h1-13,15-17H;/q-1;. The SMILES string of the molecule is [Ir].[c-]1cc2ccccc2cc1-c1cc2c3ccccc3c3ccccc3c2cn1. The van der Waals surface area contributed by atoms with Crippen LogP contribution in [0.5, 0.6) is 0 Å². The Morgan fingerprint density at radius 3 is 1.79 bits per heavy atom. The predicted molar refractivity (Wildman–Crippen MR) is 119 cm³/mol. The first-order valence-corrected chi connectivity index (χ1v) is 9.48. The van der Waals surface area contributed by atoms with Gasteiger partial charge in [-0.15, -0.1) is 29.1 Å². The molecule has 0 N–H and O–H groups in total. The summed E-state index contributed by atoms with van der Waals surface area (Å²) < 4.78 is 0. The number of nitrogens with zero attached hydrogens (tertiary/aromatic N) is 1. The Kier molecular flexibility index (Phi) is 4.39. The Hall–Kier alpha value is -3.06. The Balaban J connectivity index is 0.00000181. The van der Waals surface area contributed by atoms with Crippen molar-refractivity contribution in [1.29, 1.82) is 0 Å². The van der Waals surface area contributed by atoms with Gasteiger partial charge in [0.1, 0.15) is 0 Å². The number of fused-ring (bicyclic) bond motifs is 7. The summed E-state index contributed by atoms with van der Waals surface area (Å²) >= 11 is 0. The van der Waals surface area contributed by atoms with E-state index in [4.69, 9.17) is 4.98 Å². The zero-order valence-electron chi connectivity index (χ0n) is 15.5. The topological polar surface area (TPSA) is 12.9 Å². The molecule has 6 rings (SSSR count). The van der Waals surface area contributed by atoms with Gasteiger partial charge in [0.15, 0.2) is 0 Å². The molecule has 0 unspecified atom stereocenters. The van der Waals surface area contributed by atoms with Crippen LogP contribution < -0.4 is 0 Å². The summed E-state index contributed by atoms with van der Waals surface area (Å²) in [5.41, 5.74) is 1.98. The maximum Gasteiger partial charge on any atom is 0.0245 e. The van der Waals surface area contributed by atoms with Crippen molar-refractivity contribution >= 4 is 43.1 Å². The first kappa shape index (κ1) is 18.0. The van der Waals surface area contributed by atoms with Gasteiger partial charge >= 0.3 is 0 Å². The summed E-state index contributed by atoms with van der Waals surface area (Å²) in [7, 11) is 0. The normalized spacial score (nSPS) is 11.2. The van der Waals surface area contributed by atoms with E-state index in [9.17, 15) is 0 Å². The van der Waals surface area contributed by atoms with Gasteiger partial charge in [0.25, 0.3) is 0 Å². The molecular weight excluding hydrogens is 531 g/mol. The Bertz CT molecular complexity index is 1480. The third-order valence-corrected chi connectivity index (χ3v) is 5.58. The van der Waals surface area contributed by atoms with Crippen molar-refractivity contribution < 1.29 is 20.1 Å². The zero-order chi connectivity index (χ0) is 18.5. The van der Waals surface area contributed by atoms with E-state index in [-0.39, 0.29) is 20.1 Å². The summed E-state index contributed by atoms with van der Waals surface area (Å²) in [6.07, 6.45) is 2.02. The van der Waals surface area contributed by atoms with E-state index in [0.717, 1.165) is 11.3 Å². The molecule has 0 spiro atoms. The maximum atomic E-state index is 4.81. The van der Waals surface area contributed by atoms with Crippen LogP contribution in [0.2, 0.25) is 0 Å². The van der Waals surface area contributed by atoms with Crippen molar-refractivity contribution in [1.82, 2.24) is 4.98 Å². The molecule has 2 heteroatoms. The molecule has 1 radical (unpaired) electrons. The largest absolute Gasteiger partial charge is 0.304 e. The van der Waals surface area contributed by atoms with Crippen molar-refractivity contribution in [2.45, 2.75) is 0 Å². The molecule has 0 aliphatic carbocycles. The van der Waals surface area contributed by atoms with E-state index in [1.807, 2.05) is 6.20 Å². The number of benzene rings is 5. The molecule has 5 aromatic carbocycles. The number of rotatable bonds is 1. The van der Waals surface area contributed by atoms with Crippen LogP contribution in [0.15, 0.2) is 97.2 Å². The predicted octanol–water partition coefficient (Wildman–Crippen LogP) is 7.16. The molecule has 0 saturated heterocycles. The second kappa shape index (κ2) is 7.08. The Morgan fingerprint density at radius 1 is 0.552 bits per heavy atom. The second-order valence-corrected chi connectivity index (χ2v) is 7.18. The second-order valence-electron chi connectivity index (χ2n) is 7.18. The van der Waals surface area contributed by atoms with Gasteiger partial charge in [-0.25, -0.2) is 0 Å². The monoisotopic (exact) mass is 547 g/mol. The number of hydrogen-bond acceptors (Lipinski definition) is 1. The molecule has 1 nitrogen and oxygen atoms in total. The molecule has 0 atom stereocenters. The quantitative estimate of drug-likeness (QED) is 0.158. The Labute approximate surface area is 182 Å². The van der Waals surface area contributed by atoms with Crippen LogP contribution >= 0.6 is 0 Å². The van der Waals surface area contributed by atoms with Gasteiger partial charge in [0.05, 0.1) is 0 Å². The molecular formula is C27H16IrN-. The van der Waals surface area contributed by atoms with Crippen LogP contribution in [-0.2, 0) is 20.1 Å². The van der Waals surface area contributed by atoms with E-state index in [1.54, 1.807) is 0 Å². The van der Waals surface area contributed by atoms with Crippen LogP contribution in [-0.4, -0.2) is 4.98 Å². The van der Waals surface area contributed by atoms with Crippen molar-refractivity contribution in [2.24, 2.45) is 0 Å². The zero-order valence-corrected chi connectivity index (χ0v) is 17.9. The van der Waals surface area contributed by atoms with Gasteiger partial charge in [0, 0.05) is 31.7 Å². The van der Waals surface area contributed by atoms with Gasteiger partial charge in [-0.2, -0.15) is 0 Å². The molecule has 0 fully saturated rings. The molecule has 1 aromatic heterocycles. The van der Waals surface area contributed by atoms with Gasteiger partial charge in [0.2, 0.25) is 0 Å². The van der Waals surface area contributed by atoms with Crippen LogP contribution in [0.1, 0.15) is 0 Å². The maximum absolute atomic E-state index is 4.81. The molecule has 0 bridgehead atoms. The van der Waals surface area contributed by atoms with Gasteiger partial charge < -0.3 is 4.98 Å². The van der Waals surface area contributed by atoms with Crippen LogP contribution in [0, 0.1) is 6.07 Å². The number of hydrogen-bond donors (Lipinski definition) is 0. The average molecular weight is 547 g/mol. The summed E-state index contributed by atoms with van der Waals surface area (Å²) in [6.45, 7) is 0. The first-order valence-electron chi connectivity index (χ1n) is 9.48. The molecule has 29 heavy (non-hydrogen) atoms. The van der Waals surface area contributed by atoms with Gasteiger partial charge in [-0.05, 0) is 32.6 Å². The van der Waals surface area contributed by atoms with Crippen LogP contribution in [0.3, 0.4) is 0 Å². The van der Waals surface area contributed by atoms with E-state index < -0.39 is 0 Å². The van der Waals surface area contributed by atoms with Crippen molar-refractivity contribution in [3.8, 4) is 11.3 Å². The summed E-state index contributed by atoms with van der Waals surface area (Å²) in [5, 5.41) is 9.91. The minimum absolute atomic E-state index is 0. The Morgan fingerprint density at radius 2 is 1.10 bits per heavy atom. The van der Waals surface area contributed by atoms with Crippen LogP contribution in [0.4, 0.5) is 0 Å². The molecule has 0 aliphatic heterocycles. The minimum atomic E-state index is 0. The molecule has 6 aromatic rings. The molecule has 0 saturated carbocycles. The fourth-order valence-electron chi connectivity index (χ4n) is 4.22. The first-order chi connectivity index (χ1) is 13.9. The van der Waals surface area contributed by atoms with Crippen molar-refractivity contribution in [3.05, 3.63) is 103 Å². The minimum Gasteiger partial charge on any atom is -0.304 e. The molecule has 0 amide bonds. The van der Waals surface area contributed by atoms with Crippen molar-refractivity contribution in [3.63, 3.8) is 0 Å². The van der Waals surface area contributed by atoms with E-state index in [0.29, 0.717) is 0 Å². The molecule has 0 aliphatic rings. The van der Waals surface area contributed by atoms with Gasteiger partial charge in [-0.3, -0.25) is 0 Å². The van der Waals surface area contributed by atoms with E-state index >= 15 is 0 Å². The third-order valence-electron chi connectivity index (χ3n) is 5.58.